The largest absolute Gasteiger partial charge is 0.462 e. The fourth-order valence-electron chi connectivity index (χ4n) is 6.74. The molecule has 0 aromatic rings. The second-order valence-electron chi connectivity index (χ2n) is 12.8. The zero-order chi connectivity index (χ0) is 27.1. The topological polar surface area (TPSA) is 87.0 Å². The molecule has 3 aliphatic rings. The Labute approximate surface area is 216 Å². The summed E-state index contributed by atoms with van der Waals surface area (Å²) >= 11 is 0. The second kappa shape index (κ2) is 10.7. The van der Waals surface area contributed by atoms with Crippen LogP contribution in [0.2, 0.25) is 0 Å². The van der Waals surface area contributed by atoms with Crippen molar-refractivity contribution in [3.05, 3.63) is 35.5 Å². The molecular formula is C30H47FO5. The van der Waals surface area contributed by atoms with Crippen LogP contribution in [0.4, 0.5) is 4.39 Å². The molecule has 3 aliphatic carbocycles. The monoisotopic (exact) mass is 506 g/mol. The van der Waals surface area contributed by atoms with Gasteiger partial charge in [-0.15, -0.1) is 0 Å². The first-order chi connectivity index (χ1) is 16.6. The van der Waals surface area contributed by atoms with Crippen LogP contribution >= 0.6 is 0 Å². The van der Waals surface area contributed by atoms with E-state index >= 15 is 4.39 Å². The Balaban J connectivity index is 1.74. The molecule has 8 atom stereocenters. The van der Waals surface area contributed by atoms with Crippen LogP contribution in [0.15, 0.2) is 35.5 Å². The maximum Gasteiger partial charge on any atom is 0.314 e. The molecule has 6 heteroatoms. The van der Waals surface area contributed by atoms with Crippen molar-refractivity contribution in [3.63, 3.8) is 0 Å². The summed E-state index contributed by atoms with van der Waals surface area (Å²) in [5.41, 5.74) is -0.586. The maximum absolute atomic E-state index is 16.2. The van der Waals surface area contributed by atoms with E-state index in [9.17, 15) is 20.1 Å². The van der Waals surface area contributed by atoms with Crippen molar-refractivity contribution in [1.82, 2.24) is 0 Å². The number of fused-ring (bicyclic) bond motifs is 1. The Kier molecular flexibility index (Phi) is 8.64. The SMILES string of the molecule is CC(C)OC(=O)C(C)(C)[C@@H](O)/C=C/[C@](C)(F)[C@H]1CC[C@H]2/C(=C/C=C3C[C@@H](O)C[C@@H](O)[C@@H]3C)CC[C@@]21C. The van der Waals surface area contributed by atoms with Crippen molar-refractivity contribution in [1.29, 1.82) is 0 Å². The van der Waals surface area contributed by atoms with Gasteiger partial charge in [-0.25, -0.2) is 4.39 Å². The summed E-state index contributed by atoms with van der Waals surface area (Å²) in [7, 11) is 0. The third-order valence-corrected chi connectivity index (χ3v) is 9.29. The summed E-state index contributed by atoms with van der Waals surface area (Å²) in [5.74, 6) is -0.379. The van der Waals surface area contributed by atoms with E-state index in [1.54, 1.807) is 34.6 Å². The molecule has 3 N–H and O–H groups in total. The minimum absolute atomic E-state index is 0.0298. The van der Waals surface area contributed by atoms with Crippen molar-refractivity contribution in [3.8, 4) is 0 Å². The number of carbonyl (C=O) groups is 1. The summed E-state index contributed by atoms with van der Waals surface area (Å²) < 4.78 is 21.5. The second-order valence-corrected chi connectivity index (χ2v) is 12.8. The molecule has 0 bridgehead atoms. The lowest BCUT2D eigenvalue weighted by atomic mass is 9.68. The average Bonchev–Trinajstić information content (AvgIpc) is 3.27. The highest BCUT2D eigenvalue weighted by Gasteiger charge is 2.56. The number of aliphatic hydroxyl groups is 3. The predicted octanol–water partition coefficient (Wildman–Crippen LogP) is 5.44. The van der Waals surface area contributed by atoms with Crippen LogP contribution in [0.25, 0.3) is 0 Å². The highest BCUT2D eigenvalue weighted by molar-refractivity contribution is 5.77. The first-order valence-corrected chi connectivity index (χ1v) is 13.6. The van der Waals surface area contributed by atoms with Gasteiger partial charge in [-0.1, -0.05) is 43.2 Å². The van der Waals surface area contributed by atoms with Crippen LogP contribution < -0.4 is 0 Å². The average molecular weight is 507 g/mol. The first kappa shape index (κ1) is 29.1. The van der Waals surface area contributed by atoms with Crippen LogP contribution in [-0.4, -0.2) is 51.4 Å². The molecule has 3 saturated carbocycles. The molecule has 5 nitrogen and oxygen atoms in total. The van der Waals surface area contributed by atoms with E-state index in [0.29, 0.717) is 18.8 Å². The minimum Gasteiger partial charge on any atom is -0.462 e. The quantitative estimate of drug-likeness (QED) is 0.316. The zero-order valence-corrected chi connectivity index (χ0v) is 23.1. The molecule has 0 aliphatic heterocycles. The van der Waals surface area contributed by atoms with E-state index in [2.05, 4.69) is 19.1 Å². The Hall–Kier alpha value is -1.50. The van der Waals surface area contributed by atoms with Crippen molar-refractivity contribution < 1.29 is 29.2 Å². The Morgan fingerprint density at radius 2 is 1.81 bits per heavy atom. The zero-order valence-electron chi connectivity index (χ0n) is 23.1. The van der Waals surface area contributed by atoms with Crippen LogP contribution in [0.5, 0.6) is 0 Å². The number of rotatable bonds is 7. The molecule has 0 saturated heterocycles. The highest BCUT2D eigenvalue weighted by atomic mass is 19.1. The van der Waals surface area contributed by atoms with Gasteiger partial charge in [0.1, 0.15) is 5.67 Å². The van der Waals surface area contributed by atoms with Gasteiger partial charge in [0.15, 0.2) is 0 Å². The van der Waals surface area contributed by atoms with Gasteiger partial charge in [-0.05, 0) is 84.1 Å². The van der Waals surface area contributed by atoms with Gasteiger partial charge in [0.25, 0.3) is 0 Å². The smallest absolute Gasteiger partial charge is 0.314 e. The lowest BCUT2D eigenvalue weighted by Crippen LogP contribution is -2.40. The molecule has 36 heavy (non-hydrogen) atoms. The van der Waals surface area contributed by atoms with Gasteiger partial charge in [-0.2, -0.15) is 0 Å². The highest BCUT2D eigenvalue weighted by Crippen LogP contribution is 2.63. The van der Waals surface area contributed by atoms with Crippen LogP contribution in [0, 0.1) is 28.6 Å². The van der Waals surface area contributed by atoms with E-state index in [1.165, 1.54) is 17.7 Å². The van der Waals surface area contributed by atoms with Gasteiger partial charge in [0, 0.05) is 18.3 Å². The number of hydrogen-bond acceptors (Lipinski definition) is 5. The van der Waals surface area contributed by atoms with Crippen molar-refractivity contribution in [2.24, 2.45) is 28.6 Å². The molecule has 0 radical (unpaired) electrons. The van der Waals surface area contributed by atoms with E-state index in [-0.39, 0.29) is 23.4 Å². The number of hydrogen-bond donors (Lipinski definition) is 3. The molecular weight excluding hydrogens is 459 g/mol. The molecule has 0 heterocycles. The predicted molar refractivity (Wildman–Crippen MR) is 140 cm³/mol. The number of esters is 1. The number of alkyl halides is 1. The summed E-state index contributed by atoms with van der Waals surface area (Å²) in [6, 6.07) is 0. The molecule has 3 fully saturated rings. The Morgan fingerprint density at radius 1 is 1.17 bits per heavy atom. The summed E-state index contributed by atoms with van der Waals surface area (Å²) in [5, 5.41) is 31.0. The van der Waals surface area contributed by atoms with Crippen LogP contribution in [-0.2, 0) is 9.53 Å². The van der Waals surface area contributed by atoms with Gasteiger partial charge in [-0.3, -0.25) is 4.79 Å². The van der Waals surface area contributed by atoms with E-state index in [0.717, 1.165) is 31.3 Å². The molecule has 0 aromatic carbocycles. The van der Waals surface area contributed by atoms with Gasteiger partial charge in [0.2, 0.25) is 0 Å². The molecule has 0 unspecified atom stereocenters. The molecule has 0 spiro atoms. The number of aliphatic hydroxyl groups excluding tert-OH is 3. The fraction of sp³-hybridized carbons (Fsp3) is 0.767. The molecule has 3 rings (SSSR count). The normalized spacial score (nSPS) is 38.1. The minimum atomic E-state index is -1.62. The lowest BCUT2D eigenvalue weighted by Gasteiger charge is -2.38. The van der Waals surface area contributed by atoms with E-state index in [4.69, 9.17) is 4.74 Å². The van der Waals surface area contributed by atoms with Gasteiger partial charge in [0.05, 0.1) is 29.8 Å². The first-order valence-electron chi connectivity index (χ1n) is 13.6. The van der Waals surface area contributed by atoms with Gasteiger partial charge < -0.3 is 20.1 Å². The number of ether oxygens (including phenoxy) is 1. The number of allylic oxidation sites excluding steroid dienone is 4. The Morgan fingerprint density at radius 3 is 2.44 bits per heavy atom. The van der Waals surface area contributed by atoms with Crippen molar-refractivity contribution in [2.45, 2.75) is 117 Å². The molecule has 0 amide bonds. The van der Waals surface area contributed by atoms with Crippen molar-refractivity contribution >= 4 is 5.97 Å². The summed E-state index contributed by atoms with van der Waals surface area (Å²) in [4.78, 5) is 12.4. The summed E-state index contributed by atoms with van der Waals surface area (Å²) in [6.07, 6.45) is 9.16. The lowest BCUT2D eigenvalue weighted by molar-refractivity contribution is -0.162. The standard InChI is InChI=1S/C30H47FO5/c1-18(2)36-27(35)28(4,5)26(34)13-15-30(7,31)25-11-10-23-20(12-14-29(23,25)6)8-9-21-16-22(32)17-24(33)19(21)3/h8-9,13,15,18-19,22-26,32-34H,10-12,14,16-17H2,1-7H3/b15-13+,20-8+,21-9?/t19-,22-,23+,24-,25+,26+,29+,30+/m1/s1. The maximum atomic E-state index is 16.2. The van der Waals surface area contributed by atoms with Gasteiger partial charge >= 0.3 is 5.97 Å². The van der Waals surface area contributed by atoms with Crippen LogP contribution in [0.3, 0.4) is 0 Å². The number of halogens is 1. The molecule has 204 valence electrons. The van der Waals surface area contributed by atoms with Crippen molar-refractivity contribution in [2.75, 3.05) is 0 Å². The number of carbonyl (C=O) groups excluding carboxylic acids is 1. The third kappa shape index (κ3) is 5.81. The Bertz CT molecular complexity index is 901. The van der Waals surface area contributed by atoms with Crippen LogP contribution in [0.1, 0.15) is 87.0 Å². The fourth-order valence-corrected chi connectivity index (χ4v) is 6.74. The third-order valence-electron chi connectivity index (χ3n) is 9.29. The van der Waals surface area contributed by atoms with E-state index < -0.39 is 35.4 Å². The van der Waals surface area contributed by atoms with E-state index in [1.807, 2.05) is 6.92 Å². The summed E-state index contributed by atoms with van der Waals surface area (Å²) in [6.45, 7) is 12.5. The molecule has 0 aromatic heterocycles.